The second-order valence-electron chi connectivity index (χ2n) is 14.7. The lowest BCUT2D eigenvalue weighted by Crippen LogP contribution is -2.47. The lowest BCUT2D eigenvalue weighted by atomic mass is 9.83. The van der Waals surface area contributed by atoms with Gasteiger partial charge in [0.25, 0.3) is 0 Å². The molecular weight excluding hydrogens is 667 g/mol. The summed E-state index contributed by atoms with van der Waals surface area (Å²) in [6.07, 6.45) is 6.08. The molecule has 3 aromatic rings. The van der Waals surface area contributed by atoms with Crippen LogP contribution in [0.3, 0.4) is 0 Å². The minimum absolute atomic E-state index is 0.0349. The Bertz CT molecular complexity index is 1760. The predicted molar refractivity (Wildman–Crippen MR) is 211 cm³/mol. The van der Waals surface area contributed by atoms with E-state index in [1.807, 2.05) is 84.3 Å². The van der Waals surface area contributed by atoms with Crippen molar-refractivity contribution in [3.63, 3.8) is 0 Å². The number of nitrogens with one attached hydrogen (secondary N) is 5. The summed E-state index contributed by atoms with van der Waals surface area (Å²) in [4.78, 5) is 54.8. The van der Waals surface area contributed by atoms with Gasteiger partial charge >= 0.3 is 6.03 Å². The van der Waals surface area contributed by atoms with Crippen molar-refractivity contribution in [3.8, 4) is 0 Å². The van der Waals surface area contributed by atoms with E-state index in [-0.39, 0.29) is 53.8 Å². The molecule has 11 heteroatoms. The molecule has 0 saturated heterocycles. The second-order valence-corrected chi connectivity index (χ2v) is 14.7. The maximum Gasteiger partial charge on any atom is 0.319 e. The molecule has 1 aliphatic carbocycles. The molecule has 4 atom stereocenters. The molecule has 282 valence electrons. The zero-order valence-corrected chi connectivity index (χ0v) is 31.5. The fourth-order valence-corrected chi connectivity index (χ4v) is 8.36. The summed E-state index contributed by atoms with van der Waals surface area (Å²) in [5.41, 5.74) is 5.83. The Hall–Kier alpha value is -4.90. The van der Waals surface area contributed by atoms with Crippen LogP contribution < -0.4 is 36.4 Å². The molecule has 0 aromatic heterocycles. The van der Waals surface area contributed by atoms with Gasteiger partial charge in [0.05, 0.1) is 6.04 Å². The lowest BCUT2D eigenvalue weighted by Gasteiger charge is -2.41. The van der Waals surface area contributed by atoms with E-state index in [1.165, 1.54) is 5.56 Å². The van der Waals surface area contributed by atoms with E-state index in [1.54, 1.807) is 0 Å². The Labute approximate surface area is 313 Å². The number of carbonyl (C=O) groups is 4. The minimum atomic E-state index is -0.331. The highest BCUT2D eigenvalue weighted by Crippen LogP contribution is 2.40. The smallest absolute Gasteiger partial charge is 0.319 e. The Balaban J connectivity index is 0.901. The number of hydrogen-bond acceptors (Lipinski definition) is 6. The Kier molecular flexibility index (Phi) is 12.3. The zero-order chi connectivity index (χ0) is 37.5. The van der Waals surface area contributed by atoms with Gasteiger partial charge in [0.15, 0.2) is 0 Å². The number of amides is 5. The van der Waals surface area contributed by atoms with Crippen molar-refractivity contribution in [3.05, 3.63) is 83.9 Å². The number of anilines is 4. The molecule has 0 bridgehead atoms. The Morgan fingerprint density at radius 1 is 0.642 bits per heavy atom. The molecule has 1 saturated carbocycles. The predicted octanol–water partition coefficient (Wildman–Crippen LogP) is 7.04. The molecule has 5 N–H and O–H groups in total. The number of rotatable bonds is 11. The van der Waals surface area contributed by atoms with Gasteiger partial charge < -0.3 is 36.4 Å². The molecule has 2 aliphatic heterocycles. The molecule has 0 unspecified atom stereocenters. The average Bonchev–Trinajstić information content (AvgIpc) is 3.17. The van der Waals surface area contributed by atoms with Crippen molar-refractivity contribution in [1.29, 1.82) is 0 Å². The molecule has 5 amide bonds. The van der Waals surface area contributed by atoms with Gasteiger partial charge in [0.2, 0.25) is 17.7 Å². The molecule has 1 fully saturated rings. The summed E-state index contributed by atoms with van der Waals surface area (Å²) in [5, 5.41) is 16.2. The van der Waals surface area contributed by atoms with Crippen LogP contribution in [0.25, 0.3) is 0 Å². The zero-order valence-electron chi connectivity index (χ0n) is 31.5. The summed E-state index contributed by atoms with van der Waals surface area (Å²) in [7, 11) is 0. The maximum absolute atomic E-state index is 13.0. The third-order valence-corrected chi connectivity index (χ3v) is 11.0. The van der Waals surface area contributed by atoms with Gasteiger partial charge in [-0.15, -0.1) is 0 Å². The lowest BCUT2D eigenvalue weighted by molar-refractivity contribution is -0.126. The maximum atomic E-state index is 13.0. The van der Waals surface area contributed by atoms with Gasteiger partial charge in [0, 0.05) is 78.8 Å². The number of fused-ring (bicyclic) bond motifs is 2. The van der Waals surface area contributed by atoms with Gasteiger partial charge in [-0.05, 0) is 99.9 Å². The molecule has 0 spiro atoms. The average molecular weight is 722 g/mol. The minimum Gasteiger partial charge on any atom is -0.378 e. The van der Waals surface area contributed by atoms with Crippen LogP contribution in [0.2, 0.25) is 0 Å². The highest BCUT2D eigenvalue weighted by molar-refractivity contribution is 5.96. The first kappa shape index (κ1) is 37.8. The first-order valence-electron chi connectivity index (χ1n) is 19.4. The largest absolute Gasteiger partial charge is 0.378 e. The summed E-state index contributed by atoms with van der Waals surface area (Å²) in [6.45, 7) is 8.70. The topological polar surface area (TPSA) is 135 Å². The van der Waals surface area contributed by atoms with Crippen molar-refractivity contribution < 1.29 is 19.2 Å². The number of hydrogen-bond donors (Lipinski definition) is 5. The number of carbonyl (C=O) groups excluding carboxylic acids is 4. The molecule has 3 aliphatic rings. The molecule has 0 radical (unpaired) electrons. The third kappa shape index (κ3) is 8.84. The van der Waals surface area contributed by atoms with Gasteiger partial charge in [-0.1, -0.05) is 50.2 Å². The molecule has 11 nitrogen and oxygen atoms in total. The van der Waals surface area contributed by atoms with E-state index in [0.29, 0.717) is 37.7 Å². The van der Waals surface area contributed by atoms with E-state index in [2.05, 4.69) is 52.6 Å². The fourth-order valence-electron chi connectivity index (χ4n) is 8.36. The van der Waals surface area contributed by atoms with Gasteiger partial charge in [-0.2, -0.15) is 0 Å². The van der Waals surface area contributed by atoms with Gasteiger partial charge in [-0.3, -0.25) is 14.4 Å². The molecule has 2 heterocycles. The quantitative estimate of drug-likeness (QED) is 0.135. The number of para-hydroxylation sites is 2. The number of urea groups is 1. The van der Waals surface area contributed by atoms with Crippen LogP contribution in [0.5, 0.6) is 0 Å². The van der Waals surface area contributed by atoms with Crippen molar-refractivity contribution in [2.24, 2.45) is 5.92 Å². The van der Waals surface area contributed by atoms with E-state index in [9.17, 15) is 19.2 Å². The third-order valence-electron chi connectivity index (χ3n) is 11.0. The van der Waals surface area contributed by atoms with Crippen molar-refractivity contribution >= 4 is 46.5 Å². The highest BCUT2D eigenvalue weighted by Gasteiger charge is 2.36. The SMILES string of the molecule is CCC(=O)N1c2ccccc2[C@H](Nc2ccc(NC(=O)NCCNC(=O)C3CCC(N[C@@H]4C[C@H](C)N(C(=O)CC)c5ccccc54)CC3)cc2)C[C@@H]1C. The molecule has 53 heavy (non-hydrogen) atoms. The van der Waals surface area contributed by atoms with Crippen LogP contribution in [-0.2, 0) is 14.4 Å². The van der Waals surface area contributed by atoms with Crippen LogP contribution >= 0.6 is 0 Å². The van der Waals surface area contributed by atoms with E-state index >= 15 is 0 Å². The van der Waals surface area contributed by atoms with Crippen LogP contribution in [0.4, 0.5) is 27.5 Å². The monoisotopic (exact) mass is 721 g/mol. The number of nitrogens with zero attached hydrogens (tertiary/aromatic N) is 2. The second kappa shape index (κ2) is 17.3. The highest BCUT2D eigenvalue weighted by atomic mass is 16.2. The van der Waals surface area contributed by atoms with Crippen molar-refractivity contribution in [1.82, 2.24) is 16.0 Å². The van der Waals surface area contributed by atoms with Crippen LogP contribution in [-0.4, -0.2) is 55.0 Å². The first-order chi connectivity index (χ1) is 25.7. The van der Waals surface area contributed by atoms with Crippen molar-refractivity contribution in [2.75, 3.05) is 33.5 Å². The van der Waals surface area contributed by atoms with Gasteiger partial charge in [0.1, 0.15) is 0 Å². The fraction of sp³-hybridized carbons (Fsp3) is 0.476. The van der Waals surface area contributed by atoms with E-state index < -0.39 is 0 Å². The summed E-state index contributed by atoms with van der Waals surface area (Å²) in [5.74, 6) is 0.288. The number of benzene rings is 3. The molecule has 6 rings (SSSR count). The van der Waals surface area contributed by atoms with Gasteiger partial charge in [-0.25, -0.2) is 4.79 Å². The van der Waals surface area contributed by atoms with Crippen LogP contribution in [0.15, 0.2) is 72.8 Å². The van der Waals surface area contributed by atoms with E-state index in [4.69, 9.17) is 0 Å². The summed E-state index contributed by atoms with van der Waals surface area (Å²) < 4.78 is 0. The standard InChI is InChI=1S/C42H55N7O4/c1-5-39(50)48-27(3)25-35(33-11-7-9-13-37(33)48)45-30-17-15-29(16-18-30)41(52)43-23-24-44-42(53)47-32-21-19-31(20-22-32)46-36-26-28(4)49(40(51)6-2)38-14-10-8-12-34(36)38/h7-14,19-22,27-30,35-36,45-46H,5-6,15-18,23-26H2,1-4H3,(H,43,52)(H2,44,47,53)/t27-,28-,29?,30?,35+,36+/m0/s1. The first-order valence-corrected chi connectivity index (χ1v) is 19.4. The van der Waals surface area contributed by atoms with Crippen LogP contribution in [0, 0.1) is 5.92 Å². The summed E-state index contributed by atoms with van der Waals surface area (Å²) >= 11 is 0. The Morgan fingerprint density at radius 3 is 1.74 bits per heavy atom. The van der Waals surface area contributed by atoms with Crippen LogP contribution in [0.1, 0.15) is 102 Å². The summed E-state index contributed by atoms with van der Waals surface area (Å²) in [6, 6.07) is 24.3. The normalized spacial score (nSPS) is 23.6. The van der Waals surface area contributed by atoms with E-state index in [0.717, 1.165) is 61.2 Å². The Morgan fingerprint density at radius 2 is 1.15 bits per heavy atom. The molecule has 3 aromatic carbocycles. The molecular formula is C42H55N7O4. The van der Waals surface area contributed by atoms with Crippen molar-refractivity contribution in [2.45, 2.75) is 109 Å².